The molecule has 0 spiro atoms. The molecule has 0 radical (unpaired) electrons. The molecule has 0 amide bonds. The Morgan fingerprint density at radius 1 is 1.17 bits per heavy atom. The molecular weight excluding hydrogens is 232 g/mol. The van der Waals surface area contributed by atoms with Crippen LogP contribution in [0.25, 0.3) is 0 Å². The van der Waals surface area contributed by atoms with Gasteiger partial charge >= 0.3 is 6.01 Å². The number of rotatable bonds is 6. The van der Waals surface area contributed by atoms with E-state index in [2.05, 4.69) is 44.3 Å². The van der Waals surface area contributed by atoms with Gasteiger partial charge in [0, 0.05) is 19.1 Å². The quantitative estimate of drug-likeness (QED) is 0.773. The lowest BCUT2D eigenvalue weighted by atomic mass is 10.1. The maximum absolute atomic E-state index is 5.02. The summed E-state index contributed by atoms with van der Waals surface area (Å²) in [5, 5.41) is 6.06. The molecule has 1 aromatic heterocycles. The van der Waals surface area contributed by atoms with Crippen molar-refractivity contribution in [3.05, 3.63) is 0 Å². The van der Waals surface area contributed by atoms with Crippen molar-refractivity contribution in [2.45, 2.75) is 19.4 Å². The first kappa shape index (κ1) is 14.4. The molecule has 0 aromatic carbocycles. The van der Waals surface area contributed by atoms with Crippen LogP contribution in [0.15, 0.2) is 0 Å². The minimum absolute atomic E-state index is 0.000326. The lowest BCUT2D eigenvalue weighted by molar-refractivity contribution is 0.209. The van der Waals surface area contributed by atoms with Gasteiger partial charge in [-0.15, -0.1) is 0 Å². The molecule has 7 heteroatoms. The fourth-order valence-electron chi connectivity index (χ4n) is 1.09. The van der Waals surface area contributed by atoms with E-state index >= 15 is 0 Å². The van der Waals surface area contributed by atoms with Crippen molar-refractivity contribution < 1.29 is 4.74 Å². The number of hydrogen-bond donors (Lipinski definition) is 2. The molecule has 2 N–H and O–H groups in total. The molecule has 0 aliphatic heterocycles. The Kier molecular flexibility index (Phi) is 4.66. The van der Waals surface area contributed by atoms with Crippen molar-refractivity contribution in [3.8, 4) is 6.01 Å². The summed E-state index contributed by atoms with van der Waals surface area (Å²) in [4.78, 5) is 14.5. The van der Waals surface area contributed by atoms with Crippen LogP contribution in [0.5, 0.6) is 6.01 Å². The van der Waals surface area contributed by atoms with Gasteiger partial charge in [0.2, 0.25) is 11.9 Å². The number of nitrogens with one attached hydrogen (secondary N) is 2. The average molecular weight is 254 g/mol. The van der Waals surface area contributed by atoms with Gasteiger partial charge in [-0.1, -0.05) is 0 Å². The predicted octanol–water partition coefficient (Wildman–Crippen LogP) is 0.674. The standard InChI is InChI=1S/C11H22N6O/c1-11(2,17(4)5)7-13-9-14-8(12-3)15-10(16-9)18-6/h7H2,1-6H3,(H2,12,13,14,15,16). The van der Waals surface area contributed by atoms with Gasteiger partial charge in [0.1, 0.15) is 0 Å². The molecule has 18 heavy (non-hydrogen) atoms. The molecule has 0 aliphatic rings. The topological polar surface area (TPSA) is 75.2 Å². The first-order chi connectivity index (χ1) is 8.39. The van der Waals surface area contributed by atoms with Crippen molar-refractivity contribution in [2.75, 3.05) is 45.4 Å². The second-order valence-electron chi connectivity index (χ2n) is 4.78. The third kappa shape index (κ3) is 3.69. The highest BCUT2D eigenvalue weighted by molar-refractivity contribution is 5.35. The monoisotopic (exact) mass is 254 g/mol. The third-order valence-electron chi connectivity index (χ3n) is 2.91. The Hall–Kier alpha value is -1.63. The second kappa shape index (κ2) is 5.81. The smallest absolute Gasteiger partial charge is 0.322 e. The molecule has 1 rings (SSSR count). The van der Waals surface area contributed by atoms with Gasteiger partial charge in [0.15, 0.2) is 0 Å². The number of methoxy groups -OCH3 is 1. The maximum Gasteiger partial charge on any atom is 0.322 e. The normalized spacial score (nSPS) is 11.5. The second-order valence-corrected chi connectivity index (χ2v) is 4.78. The molecule has 0 aliphatic carbocycles. The lowest BCUT2D eigenvalue weighted by Crippen LogP contribution is -2.44. The number of anilines is 2. The van der Waals surface area contributed by atoms with Gasteiger partial charge in [-0.25, -0.2) is 0 Å². The fraction of sp³-hybridized carbons (Fsp3) is 0.727. The molecule has 1 heterocycles. The summed E-state index contributed by atoms with van der Waals surface area (Å²) in [7, 11) is 7.36. The summed E-state index contributed by atoms with van der Waals surface area (Å²) < 4.78 is 5.02. The average Bonchev–Trinajstić information content (AvgIpc) is 2.35. The van der Waals surface area contributed by atoms with Crippen LogP contribution in [0.4, 0.5) is 11.9 Å². The van der Waals surface area contributed by atoms with Gasteiger partial charge in [0.05, 0.1) is 7.11 Å². The molecule has 7 nitrogen and oxygen atoms in total. The first-order valence-corrected chi connectivity index (χ1v) is 5.78. The Morgan fingerprint density at radius 2 is 1.78 bits per heavy atom. The zero-order valence-corrected chi connectivity index (χ0v) is 11.9. The van der Waals surface area contributed by atoms with Crippen molar-refractivity contribution in [1.29, 1.82) is 0 Å². The van der Waals surface area contributed by atoms with Gasteiger partial charge in [-0.3, -0.25) is 0 Å². The van der Waals surface area contributed by atoms with E-state index in [0.29, 0.717) is 17.9 Å². The van der Waals surface area contributed by atoms with E-state index in [4.69, 9.17) is 4.74 Å². The van der Waals surface area contributed by atoms with Gasteiger partial charge < -0.3 is 20.3 Å². The fourth-order valence-corrected chi connectivity index (χ4v) is 1.09. The van der Waals surface area contributed by atoms with Crippen LogP contribution in [-0.2, 0) is 0 Å². The minimum atomic E-state index is -0.000326. The maximum atomic E-state index is 5.02. The van der Waals surface area contributed by atoms with Crippen molar-refractivity contribution in [3.63, 3.8) is 0 Å². The SMILES string of the molecule is CNc1nc(NCC(C)(C)N(C)C)nc(OC)n1. The van der Waals surface area contributed by atoms with Gasteiger partial charge in [0.25, 0.3) is 0 Å². The molecule has 0 bridgehead atoms. The summed E-state index contributed by atoms with van der Waals surface area (Å²) in [5.74, 6) is 0.980. The zero-order chi connectivity index (χ0) is 13.8. The molecule has 0 saturated heterocycles. The lowest BCUT2D eigenvalue weighted by Gasteiger charge is -2.32. The summed E-state index contributed by atoms with van der Waals surface area (Å²) in [6.07, 6.45) is 0. The zero-order valence-electron chi connectivity index (χ0n) is 11.9. The van der Waals surface area contributed by atoms with Crippen LogP contribution in [0, 0.1) is 0 Å². The largest absolute Gasteiger partial charge is 0.467 e. The van der Waals surface area contributed by atoms with Crippen LogP contribution in [0.2, 0.25) is 0 Å². The Bertz CT molecular complexity index is 371. The summed E-state index contributed by atoms with van der Waals surface area (Å²) in [6.45, 7) is 4.99. The predicted molar refractivity (Wildman–Crippen MR) is 72.2 cm³/mol. The molecule has 0 unspecified atom stereocenters. The number of hydrogen-bond acceptors (Lipinski definition) is 7. The van der Waals surface area contributed by atoms with E-state index in [-0.39, 0.29) is 5.54 Å². The van der Waals surface area contributed by atoms with Gasteiger partial charge in [-0.05, 0) is 27.9 Å². The third-order valence-corrected chi connectivity index (χ3v) is 2.91. The van der Waals surface area contributed by atoms with Crippen molar-refractivity contribution in [1.82, 2.24) is 19.9 Å². The Balaban J connectivity index is 2.78. The van der Waals surface area contributed by atoms with E-state index in [1.807, 2.05) is 14.1 Å². The van der Waals surface area contributed by atoms with Crippen LogP contribution in [-0.4, -0.2) is 60.2 Å². The van der Waals surface area contributed by atoms with E-state index in [1.54, 1.807) is 7.05 Å². The van der Waals surface area contributed by atoms with E-state index in [9.17, 15) is 0 Å². The van der Waals surface area contributed by atoms with Crippen LogP contribution in [0.3, 0.4) is 0 Å². The highest BCUT2D eigenvalue weighted by Gasteiger charge is 2.20. The van der Waals surface area contributed by atoms with E-state index in [1.165, 1.54) is 7.11 Å². The Morgan fingerprint density at radius 3 is 2.28 bits per heavy atom. The van der Waals surface area contributed by atoms with E-state index < -0.39 is 0 Å². The van der Waals surface area contributed by atoms with Crippen LogP contribution < -0.4 is 15.4 Å². The van der Waals surface area contributed by atoms with Crippen molar-refractivity contribution in [2.24, 2.45) is 0 Å². The van der Waals surface area contributed by atoms with E-state index in [0.717, 1.165) is 6.54 Å². The molecular formula is C11H22N6O. The van der Waals surface area contributed by atoms with Crippen LogP contribution >= 0.6 is 0 Å². The first-order valence-electron chi connectivity index (χ1n) is 5.78. The molecule has 1 aromatic rings. The highest BCUT2D eigenvalue weighted by atomic mass is 16.5. The number of likely N-dealkylation sites (N-methyl/N-ethyl adjacent to an activating group) is 1. The van der Waals surface area contributed by atoms with Crippen molar-refractivity contribution >= 4 is 11.9 Å². The minimum Gasteiger partial charge on any atom is -0.467 e. The number of nitrogens with zero attached hydrogens (tertiary/aromatic N) is 4. The molecule has 102 valence electrons. The molecule has 0 saturated carbocycles. The Labute approximate surface area is 108 Å². The van der Waals surface area contributed by atoms with Gasteiger partial charge in [-0.2, -0.15) is 15.0 Å². The number of ether oxygens (including phenoxy) is 1. The summed E-state index contributed by atoms with van der Waals surface area (Å²) in [6, 6.07) is 0.291. The summed E-state index contributed by atoms with van der Waals surface area (Å²) in [5.41, 5.74) is -0.000326. The van der Waals surface area contributed by atoms with Crippen LogP contribution in [0.1, 0.15) is 13.8 Å². The number of aromatic nitrogens is 3. The summed E-state index contributed by atoms with van der Waals surface area (Å²) >= 11 is 0. The molecule has 0 atom stereocenters. The highest BCUT2D eigenvalue weighted by Crippen LogP contribution is 2.13. The molecule has 0 fully saturated rings.